The number of nitrogens with zero attached hydrogens (tertiary/aromatic N) is 1. The van der Waals surface area contributed by atoms with Gasteiger partial charge in [0.25, 0.3) is 10.0 Å². The molecule has 0 aliphatic heterocycles. The first-order valence-electron chi connectivity index (χ1n) is 8.26. The molecule has 1 saturated carbocycles. The third-order valence-electron chi connectivity index (χ3n) is 4.35. The summed E-state index contributed by atoms with van der Waals surface area (Å²) < 4.78 is 24.8. The second-order valence-electron chi connectivity index (χ2n) is 7.85. The molecule has 1 aromatic carbocycles. The summed E-state index contributed by atoms with van der Waals surface area (Å²) in [4.78, 5) is 2.67. The van der Waals surface area contributed by atoms with Crippen molar-refractivity contribution in [2.24, 2.45) is 16.4 Å². The summed E-state index contributed by atoms with van der Waals surface area (Å²) in [6.07, 6.45) is 2.85. The van der Waals surface area contributed by atoms with Crippen LogP contribution in [0.1, 0.15) is 65.4 Å². The SMILES string of the molecule is CC1C/C(=N\NS(=O)(=O)c2ccc(C(C)C)cc2)CC(C)(C)C1. The minimum atomic E-state index is -3.59. The van der Waals surface area contributed by atoms with E-state index in [4.69, 9.17) is 0 Å². The Balaban J connectivity index is 2.13. The average Bonchev–Trinajstić information content (AvgIpc) is 2.43. The molecule has 23 heavy (non-hydrogen) atoms. The van der Waals surface area contributed by atoms with Crippen LogP contribution >= 0.6 is 0 Å². The van der Waals surface area contributed by atoms with E-state index in [2.05, 4.69) is 44.6 Å². The molecule has 0 amide bonds. The van der Waals surface area contributed by atoms with Crippen molar-refractivity contribution >= 4 is 15.7 Å². The minimum absolute atomic E-state index is 0.181. The number of nitrogens with one attached hydrogen (secondary N) is 1. The van der Waals surface area contributed by atoms with Crippen molar-refractivity contribution in [1.82, 2.24) is 4.83 Å². The molecule has 1 aromatic rings. The second-order valence-corrected chi connectivity index (χ2v) is 9.51. The van der Waals surface area contributed by atoms with Crippen LogP contribution in [0.3, 0.4) is 0 Å². The van der Waals surface area contributed by atoms with Gasteiger partial charge in [0.1, 0.15) is 0 Å². The van der Waals surface area contributed by atoms with Gasteiger partial charge in [-0.2, -0.15) is 13.5 Å². The molecule has 0 bridgehead atoms. The Kier molecular flexibility index (Phi) is 5.19. The molecule has 1 aliphatic carbocycles. The van der Waals surface area contributed by atoms with E-state index in [1.807, 2.05) is 12.1 Å². The van der Waals surface area contributed by atoms with Gasteiger partial charge in [0, 0.05) is 5.71 Å². The Hall–Kier alpha value is -1.36. The van der Waals surface area contributed by atoms with Gasteiger partial charge in [0.15, 0.2) is 0 Å². The smallest absolute Gasteiger partial charge is 0.200 e. The van der Waals surface area contributed by atoms with E-state index in [1.165, 1.54) is 0 Å². The highest BCUT2D eigenvalue weighted by molar-refractivity contribution is 7.89. The van der Waals surface area contributed by atoms with Crippen LogP contribution in [-0.2, 0) is 10.0 Å². The van der Waals surface area contributed by atoms with Gasteiger partial charge in [0.05, 0.1) is 4.90 Å². The van der Waals surface area contributed by atoms with Crippen LogP contribution in [0.2, 0.25) is 0 Å². The lowest BCUT2D eigenvalue weighted by Gasteiger charge is -2.34. The van der Waals surface area contributed by atoms with Crippen molar-refractivity contribution in [3.63, 3.8) is 0 Å². The lowest BCUT2D eigenvalue weighted by molar-refractivity contribution is 0.265. The second kappa shape index (κ2) is 6.63. The summed E-state index contributed by atoms with van der Waals surface area (Å²) in [5.74, 6) is 0.915. The number of hydrogen-bond acceptors (Lipinski definition) is 3. The maximum atomic E-state index is 12.4. The van der Waals surface area contributed by atoms with Crippen molar-refractivity contribution in [3.05, 3.63) is 29.8 Å². The number of hydrogen-bond donors (Lipinski definition) is 1. The molecule has 0 saturated heterocycles. The molecule has 5 heteroatoms. The number of rotatable bonds is 4. The predicted octanol–water partition coefficient (Wildman–Crippen LogP) is 4.29. The first kappa shape index (κ1) is 18.0. The van der Waals surface area contributed by atoms with E-state index in [1.54, 1.807) is 12.1 Å². The minimum Gasteiger partial charge on any atom is -0.200 e. The summed E-state index contributed by atoms with van der Waals surface area (Å²) in [7, 11) is -3.59. The van der Waals surface area contributed by atoms with Crippen molar-refractivity contribution in [2.75, 3.05) is 0 Å². The van der Waals surface area contributed by atoms with E-state index in [9.17, 15) is 8.42 Å². The van der Waals surface area contributed by atoms with Gasteiger partial charge in [-0.3, -0.25) is 0 Å². The zero-order chi connectivity index (χ0) is 17.3. The third-order valence-corrected chi connectivity index (χ3v) is 5.57. The normalized spacial score (nSPS) is 23.2. The molecule has 0 spiro atoms. The Bertz CT molecular complexity index is 673. The first-order valence-corrected chi connectivity index (χ1v) is 9.74. The highest BCUT2D eigenvalue weighted by atomic mass is 32.2. The molecule has 2 rings (SSSR count). The summed E-state index contributed by atoms with van der Waals surface area (Å²) in [5, 5.41) is 4.21. The monoisotopic (exact) mass is 336 g/mol. The number of sulfonamides is 1. The molecule has 4 nitrogen and oxygen atoms in total. The van der Waals surface area contributed by atoms with Gasteiger partial charge < -0.3 is 0 Å². The maximum Gasteiger partial charge on any atom is 0.276 e. The lowest BCUT2D eigenvalue weighted by atomic mass is 9.72. The van der Waals surface area contributed by atoms with Crippen molar-refractivity contribution in [2.45, 2.75) is 64.7 Å². The molecule has 1 N–H and O–H groups in total. The van der Waals surface area contributed by atoms with Crippen molar-refractivity contribution < 1.29 is 8.42 Å². The molecule has 1 aliphatic rings. The quantitative estimate of drug-likeness (QED) is 0.834. The fourth-order valence-corrected chi connectivity index (χ4v) is 4.26. The third kappa shape index (κ3) is 4.80. The fraction of sp³-hybridized carbons (Fsp3) is 0.611. The molecular weight excluding hydrogens is 308 g/mol. The van der Waals surface area contributed by atoms with Crippen LogP contribution in [0.15, 0.2) is 34.3 Å². The maximum absolute atomic E-state index is 12.4. The van der Waals surface area contributed by atoms with Gasteiger partial charge in [0.2, 0.25) is 0 Å². The molecule has 128 valence electrons. The first-order chi connectivity index (χ1) is 10.6. The lowest BCUT2D eigenvalue weighted by Crippen LogP contribution is -2.30. The average molecular weight is 337 g/mol. The number of hydrazone groups is 1. The van der Waals surface area contributed by atoms with Crippen LogP contribution in [0, 0.1) is 11.3 Å². The van der Waals surface area contributed by atoms with Crippen LogP contribution in [0.5, 0.6) is 0 Å². The van der Waals surface area contributed by atoms with E-state index < -0.39 is 10.0 Å². The van der Waals surface area contributed by atoms with Crippen molar-refractivity contribution in [1.29, 1.82) is 0 Å². The molecule has 0 heterocycles. The molecule has 1 fully saturated rings. The van der Waals surface area contributed by atoms with Gasteiger partial charge in [-0.25, -0.2) is 4.83 Å². The number of benzene rings is 1. The Morgan fingerprint density at radius 2 is 1.83 bits per heavy atom. The topological polar surface area (TPSA) is 58.5 Å². The van der Waals surface area contributed by atoms with E-state index in [0.29, 0.717) is 11.8 Å². The molecule has 1 atom stereocenters. The standard InChI is InChI=1S/C18H28N2O2S/c1-13(2)15-6-8-17(9-7-15)23(21,22)20-19-16-10-14(3)11-18(4,5)12-16/h6-9,13-14,20H,10-12H2,1-5H3/b19-16+. The van der Waals surface area contributed by atoms with Gasteiger partial charge >= 0.3 is 0 Å². The summed E-state index contributed by atoms with van der Waals surface area (Å²) >= 11 is 0. The molecule has 0 aromatic heterocycles. The highest BCUT2D eigenvalue weighted by Gasteiger charge is 2.29. The Morgan fingerprint density at radius 1 is 1.22 bits per heavy atom. The predicted molar refractivity (Wildman–Crippen MR) is 95.1 cm³/mol. The largest absolute Gasteiger partial charge is 0.276 e. The fourth-order valence-electron chi connectivity index (χ4n) is 3.41. The zero-order valence-electron chi connectivity index (χ0n) is 14.8. The van der Waals surface area contributed by atoms with Crippen LogP contribution in [0.25, 0.3) is 0 Å². The zero-order valence-corrected chi connectivity index (χ0v) is 15.6. The van der Waals surface area contributed by atoms with E-state index in [-0.39, 0.29) is 10.3 Å². The Labute approximate surface area is 140 Å². The van der Waals surface area contributed by atoms with Crippen molar-refractivity contribution in [3.8, 4) is 0 Å². The summed E-state index contributed by atoms with van der Waals surface area (Å²) in [6, 6.07) is 7.01. The van der Waals surface area contributed by atoms with E-state index >= 15 is 0 Å². The van der Waals surface area contributed by atoms with Crippen LogP contribution < -0.4 is 4.83 Å². The van der Waals surface area contributed by atoms with Crippen LogP contribution in [-0.4, -0.2) is 14.1 Å². The highest BCUT2D eigenvalue weighted by Crippen LogP contribution is 2.36. The van der Waals surface area contributed by atoms with Gasteiger partial charge in [-0.15, -0.1) is 0 Å². The summed E-state index contributed by atoms with van der Waals surface area (Å²) in [6.45, 7) is 10.8. The van der Waals surface area contributed by atoms with Gasteiger partial charge in [-0.05, 0) is 54.2 Å². The Morgan fingerprint density at radius 3 is 2.35 bits per heavy atom. The van der Waals surface area contributed by atoms with Crippen LogP contribution in [0.4, 0.5) is 0 Å². The molecule has 1 unspecified atom stereocenters. The molecule has 0 radical (unpaired) electrons. The molecular formula is C18H28N2O2S. The summed E-state index contributed by atoms with van der Waals surface area (Å²) in [5.41, 5.74) is 2.25. The van der Waals surface area contributed by atoms with E-state index in [0.717, 1.165) is 30.5 Å². The van der Waals surface area contributed by atoms with Gasteiger partial charge in [-0.1, -0.05) is 46.8 Å².